The van der Waals surface area contributed by atoms with Crippen LogP contribution in [0.3, 0.4) is 0 Å². The Bertz CT molecular complexity index is 917. The number of aromatic nitrogens is 1. The van der Waals surface area contributed by atoms with E-state index in [1.165, 1.54) is 17.0 Å². The third-order valence-corrected chi connectivity index (χ3v) is 4.91. The van der Waals surface area contributed by atoms with Crippen LogP contribution >= 0.6 is 11.6 Å². The Kier molecular flexibility index (Phi) is 5.06. The predicted molar refractivity (Wildman–Crippen MR) is 102 cm³/mol. The fourth-order valence-corrected chi connectivity index (χ4v) is 3.05. The largest absolute Gasteiger partial charge is 0.354 e. The van der Waals surface area contributed by atoms with Crippen LogP contribution < -0.4 is 10.6 Å². The first-order valence-electron chi connectivity index (χ1n) is 8.50. The molecule has 1 aromatic carbocycles. The summed E-state index contributed by atoms with van der Waals surface area (Å²) in [6.45, 7) is 5.99. The topological polar surface area (TPSA) is 74.3 Å². The Morgan fingerprint density at radius 1 is 1.33 bits per heavy atom. The number of halogens is 2. The van der Waals surface area contributed by atoms with E-state index in [4.69, 9.17) is 11.6 Å². The van der Waals surface area contributed by atoms with Crippen molar-refractivity contribution in [3.8, 4) is 0 Å². The van der Waals surface area contributed by atoms with Gasteiger partial charge in [0.25, 0.3) is 5.91 Å². The van der Waals surface area contributed by atoms with Gasteiger partial charge in [0, 0.05) is 18.8 Å². The summed E-state index contributed by atoms with van der Waals surface area (Å²) in [7, 11) is 0. The van der Waals surface area contributed by atoms with Crippen LogP contribution in [0.4, 0.5) is 15.8 Å². The lowest BCUT2D eigenvalue weighted by Crippen LogP contribution is -2.63. The maximum Gasteiger partial charge on any atom is 0.273 e. The molecule has 1 aromatic heterocycles. The van der Waals surface area contributed by atoms with E-state index in [1.54, 1.807) is 39.0 Å². The number of aryl methyl sites for hydroxylation is 1. The molecule has 142 valence electrons. The molecule has 27 heavy (non-hydrogen) atoms. The van der Waals surface area contributed by atoms with Crippen molar-refractivity contribution in [3.05, 3.63) is 52.6 Å². The number of rotatable bonds is 3. The van der Waals surface area contributed by atoms with Crippen LogP contribution in [0.5, 0.6) is 0 Å². The van der Waals surface area contributed by atoms with Crippen LogP contribution in [0.25, 0.3) is 0 Å². The lowest BCUT2D eigenvalue weighted by atomic mass is 9.98. The molecule has 0 aliphatic carbocycles. The van der Waals surface area contributed by atoms with Gasteiger partial charge in [0.15, 0.2) is 0 Å². The van der Waals surface area contributed by atoms with Crippen molar-refractivity contribution in [1.82, 2.24) is 15.2 Å². The first-order valence-corrected chi connectivity index (χ1v) is 8.88. The molecule has 6 nitrogen and oxygen atoms in total. The smallest absolute Gasteiger partial charge is 0.273 e. The minimum Gasteiger partial charge on any atom is -0.354 e. The van der Waals surface area contributed by atoms with E-state index in [0.29, 0.717) is 30.2 Å². The van der Waals surface area contributed by atoms with Gasteiger partial charge in [-0.15, -0.1) is 0 Å². The number of nitrogens with one attached hydrogen (secondary N) is 2. The average Bonchev–Trinajstić information content (AvgIpc) is 2.61. The molecule has 1 saturated heterocycles. The molecule has 0 radical (unpaired) electrons. The molecule has 2 heterocycles. The van der Waals surface area contributed by atoms with Crippen molar-refractivity contribution >= 4 is 34.8 Å². The Balaban J connectivity index is 1.82. The van der Waals surface area contributed by atoms with Crippen molar-refractivity contribution < 1.29 is 14.0 Å². The highest BCUT2D eigenvalue weighted by Crippen LogP contribution is 2.25. The summed E-state index contributed by atoms with van der Waals surface area (Å²) in [5, 5.41) is 5.87. The molecular weight excluding hydrogens is 371 g/mol. The van der Waals surface area contributed by atoms with Crippen molar-refractivity contribution in [2.45, 2.75) is 26.3 Å². The van der Waals surface area contributed by atoms with E-state index in [0.717, 1.165) is 0 Å². The van der Waals surface area contributed by atoms with Gasteiger partial charge in [-0.25, -0.2) is 9.37 Å². The van der Waals surface area contributed by atoms with Gasteiger partial charge in [-0.2, -0.15) is 0 Å². The summed E-state index contributed by atoms with van der Waals surface area (Å²) in [4.78, 5) is 30.8. The zero-order valence-corrected chi connectivity index (χ0v) is 16.0. The fourth-order valence-electron chi connectivity index (χ4n) is 2.93. The second-order valence-electron chi connectivity index (χ2n) is 6.86. The van der Waals surface area contributed by atoms with E-state index in [9.17, 15) is 14.0 Å². The third-order valence-electron chi connectivity index (χ3n) is 4.60. The van der Waals surface area contributed by atoms with Crippen molar-refractivity contribution in [2.24, 2.45) is 0 Å². The van der Waals surface area contributed by atoms with Gasteiger partial charge in [0.2, 0.25) is 5.91 Å². The van der Waals surface area contributed by atoms with Crippen LogP contribution in [0.1, 0.15) is 30.0 Å². The molecule has 2 N–H and O–H groups in total. The highest BCUT2D eigenvalue weighted by atomic mass is 35.5. The zero-order chi connectivity index (χ0) is 19.8. The number of hydrogen-bond donors (Lipinski definition) is 2. The van der Waals surface area contributed by atoms with Gasteiger partial charge >= 0.3 is 0 Å². The molecule has 1 fully saturated rings. The first-order chi connectivity index (χ1) is 12.7. The maximum atomic E-state index is 13.6. The Morgan fingerprint density at radius 3 is 2.74 bits per heavy atom. The van der Waals surface area contributed by atoms with Crippen molar-refractivity contribution in [2.75, 3.05) is 18.4 Å². The lowest BCUT2D eigenvalue weighted by Gasteiger charge is -2.41. The number of hydrogen-bond acceptors (Lipinski definition) is 4. The Labute approximate surface area is 161 Å². The summed E-state index contributed by atoms with van der Waals surface area (Å²) in [6, 6.07) is 7.70. The monoisotopic (exact) mass is 390 g/mol. The summed E-state index contributed by atoms with van der Waals surface area (Å²) in [5.74, 6) is -1.02. The highest BCUT2D eigenvalue weighted by molar-refractivity contribution is 6.30. The Morgan fingerprint density at radius 2 is 2.07 bits per heavy atom. The second-order valence-corrected chi connectivity index (χ2v) is 7.26. The molecule has 2 amide bonds. The third kappa shape index (κ3) is 3.73. The van der Waals surface area contributed by atoms with E-state index in [-0.39, 0.29) is 22.5 Å². The molecule has 0 saturated carbocycles. The van der Waals surface area contributed by atoms with Crippen LogP contribution in [-0.4, -0.2) is 40.3 Å². The second kappa shape index (κ2) is 7.15. The fraction of sp³-hybridized carbons (Fsp3) is 0.316. The zero-order valence-electron chi connectivity index (χ0n) is 15.3. The summed E-state index contributed by atoms with van der Waals surface area (Å²) in [5.41, 5.74) is 1.06. The lowest BCUT2D eigenvalue weighted by molar-refractivity contribution is -0.133. The van der Waals surface area contributed by atoms with Gasteiger partial charge in [0.1, 0.15) is 17.1 Å². The number of carbonyl (C=O) groups is 2. The number of benzene rings is 1. The molecule has 1 aliphatic rings. The van der Waals surface area contributed by atoms with Crippen molar-refractivity contribution in [1.29, 1.82) is 0 Å². The number of nitrogens with zero attached hydrogens (tertiary/aromatic N) is 2. The van der Waals surface area contributed by atoms with E-state index < -0.39 is 11.4 Å². The Hall–Kier alpha value is -2.67. The number of piperazine rings is 1. The van der Waals surface area contributed by atoms with E-state index in [2.05, 4.69) is 15.6 Å². The number of pyridine rings is 1. The number of anilines is 2. The van der Waals surface area contributed by atoms with E-state index in [1.807, 2.05) is 0 Å². The molecule has 1 aliphatic heterocycles. The average molecular weight is 391 g/mol. The number of amides is 2. The van der Waals surface area contributed by atoms with Crippen LogP contribution in [-0.2, 0) is 4.79 Å². The van der Waals surface area contributed by atoms with Crippen LogP contribution in [0.15, 0.2) is 30.3 Å². The minimum absolute atomic E-state index is 0.0459. The first kappa shape index (κ1) is 19.1. The molecule has 0 bridgehead atoms. The van der Waals surface area contributed by atoms with Gasteiger partial charge in [-0.1, -0.05) is 11.6 Å². The van der Waals surface area contributed by atoms with Crippen LogP contribution in [0.2, 0.25) is 5.02 Å². The minimum atomic E-state index is -0.942. The molecule has 8 heteroatoms. The van der Waals surface area contributed by atoms with Gasteiger partial charge < -0.3 is 15.5 Å². The van der Waals surface area contributed by atoms with Gasteiger partial charge in [-0.05, 0) is 51.1 Å². The normalized spacial score (nSPS) is 16.0. The highest BCUT2D eigenvalue weighted by Gasteiger charge is 2.41. The van der Waals surface area contributed by atoms with Crippen molar-refractivity contribution in [3.63, 3.8) is 0 Å². The number of carbonyl (C=O) groups excluding carboxylic acids is 2. The molecule has 0 unspecified atom stereocenters. The molecular formula is C19H20ClFN4O2. The summed E-state index contributed by atoms with van der Waals surface area (Å²) in [6.07, 6.45) is 0. The summed E-state index contributed by atoms with van der Waals surface area (Å²) >= 11 is 5.69. The standard InChI is InChI=1S/C19H20ClFN4O2/c1-11-15(24-12-4-5-13(20)14(21)10-12)6-7-16(23-11)17(26)25-9-8-22-18(27)19(25,2)3/h4-7,10,24H,8-9H2,1-3H3,(H,22,27). The van der Waals surface area contributed by atoms with Gasteiger partial charge in [-0.3, -0.25) is 9.59 Å². The van der Waals surface area contributed by atoms with Crippen LogP contribution in [0, 0.1) is 12.7 Å². The predicted octanol–water partition coefficient (Wildman–Crippen LogP) is 3.28. The molecule has 2 aromatic rings. The van der Waals surface area contributed by atoms with E-state index >= 15 is 0 Å². The molecule has 0 spiro atoms. The molecule has 3 rings (SSSR count). The van der Waals surface area contributed by atoms with Gasteiger partial charge in [0.05, 0.1) is 16.4 Å². The molecule has 0 atom stereocenters. The summed E-state index contributed by atoms with van der Waals surface area (Å²) < 4.78 is 13.6. The SMILES string of the molecule is Cc1nc(C(=O)N2CCNC(=O)C2(C)C)ccc1Nc1ccc(Cl)c(F)c1. The maximum absolute atomic E-state index is 13.6. The quantitative estimate of drug-likeness (QED) is 0.843.